The van der Waals surface area contributed by atoms with E-state index in [1.165, 1.54) is 25.8 Å². The SMILES string of the molecule is COc1c(C)cc2c(c1O)[C@@H]1[C@@H]3[C@@H]4S[C@]5(N[C@@H](CN)Cc6c5[nH]c5ccccc65)C(=O)OCC(c5c6c(c(C)c(OC(C)=O)c54)OCO6)N3C(O)(C2)CN1C. The second-order valence-corrected chi connectivity index (χ2v) is 17.0. The number of methoxy groups -OCH3 is 1. The molecule has 8 aliphatic heterocycles. The number of likely N-dealkylation sites (N-methyl/N-ethyl adjacent to an activating group) is 1. The number of carbonyl (C=O) groups is 2. The van der Waals surface area contributed by atoms with Crippen LogP contribution in [0.3, 0.4) is 0 Å². The summed E-state index contributed by atoms with van der Waals surface area (Å²) in [6, 6.07) is 7.66. The van der Waals surface area contributed by atoms with Gasteiger partial charge in [-0.05, 0) is 50.1 Å². The van der Waals surface area contributed by atoms with E-state index in [1.807, 2.05) is 51.2 Å². The number of aromatic hydroxyl groups is 1. The summed E-state index contributed by atoms with van der Waals surface area (Å²) in [6.07, 6.45) is 0.745. The van der Waals surface area contributed by atoms with Crippen molar-refractivity contribution in [1.82, 2.24) is 20.1 Å². The Hall–Kier alpha value is -4.51. The Kier molecular flexibility index (Phi) is 7.62. The highest BCUT2D eigenvalue weighted by atomic mass is 32.2. The molecule has 14 nitrogen and oxygen atoms in total. The third-order valence-corrected chi connectivity index (χ3v) is 14.1. The number of ether oxygens (including phenoxy) is 5. The number of H-pyrrole nitrogens is 1. The molecule has 288 valence electrons. The number of phenols is 1. The minimum atomic E-state index is -1.54. The van der Waals surface area contributed by atoms with Gasteiger partial charge in [0, 0.05) is 71.7 Å². The normalized spacial score (nSPS) is 31.4. The van der Waals surface area contributed by atoms with E-state index in [0.717, 1.165) is 27.6 Å². The van der Waals surface area contributed by atoms with Gasteiger partial charge in [-0.15, -0.1) is 11.8 Å². The van der Waals surface area contributed by atoms with Crippen LogP contribution in [0.4, 0.5) is 0 Å². The minimum Gasteiger partial charge on any atom is -0.504 e. The molecule has 2 saturated heterocycles. The fraction of sp³-hybridized carbons (Fsp3) is 0.450. The average molecular weight is 770 g/mol. The number of piperazine rings is 1. The molecule has 4 bridgehead atoms. The van der Waals surface area contributed by atoms with Gasteiger partial charge in [-0.2, -0.15) is 0 Å². The first kappa shape index (κ1) is 34.9. The maximum Gasteiger partial charge on any atom is 0.343 e. The average Bonchev–Trinajstić information content (AvgIpc) is 3.76. The number of nitrogens with two attached hydrogens (primary N) is 1. The maximum atomic E-state index is 15.1. The fourth-order valence-corrected chi connectivity index (χ4v) is 12.4. The number of aromatic nitrogens is 1. The molecule has 9 heterocycles. The van der Waals surface area contributed by atoms with Gasteiger partial charge >= 0.3 is 11.9 Å². The van der Waals surface area contributed by atoms with E-state index < -0.39 is 45.9 Å². The molecule has 12 rings (SSSR count). The summed E-state index contributed by atoms with van der Waals surface area (Å²) in [6.45, 7) is 5.29. The van der Waals surface area contributed by atoms with Gasteiger partial charge in [0.2, 0.25) is 11.7 Å². The zero-order valence-electron chi connectivity index (χ0n) is 31.1. The number of aliphatic hydroxyl groups is 1. The third kappa shape index (κ3) is 4.62. The van der Waals surface area contributed by atoms with Crippen LogP contribution in [0, 0.1) is 13.8 Å². The molecule has 0 amide bonds. The quantitative estimate of drug-likeness (QED) is 0.151. The molecular weight excluding hydrogens is 727 g/mol. The topological polar surface area (TPSA) is 181 Å². The van der Waals surface area contributed by atoms with Gasteiger partial charge < -0.3 is 44.6 Å². The Morgan fingerprint density at radius 2 is 1.91 bits per heavy atom. The van der Waals surface area contributed by atoms with Crippen molar-refractivity contribution < 1.29 is 43.5 Å². The first-order valence-electron chi connectivity index (χ1n) is 18.6. The van der Waals surface area contributed by atoms with Crippen molar-refractivity contribution in [3.63, 3.8) is 0 Å². The number of hydrogen-bond donors (Lipinski definition) is 5. The van der Waals surface area contributed by atoms with E-state index in [-0.39, 0.29) is 44.7 Å². The summed E-state index contributed by atoms with van der Waals surface area (Å²) < 4.78 is 30.8. The van der Waals surface area contributed by atoms with Crippen molar-refractivity contribution in [2.45, 2.75) is 73.6 Å². The predicted molar refractivity (Wildman–Crippen MR) is 201 cm³/mol. The molecule has 8 aliphatic rings. The molecule has 15 heteroatoms. The lowest BCUT2D eigenvalue weighted by atomic mass is 9.78. The number of esters is 2. The van der Waals surface area contributed by atoms with Crippen molar-refractivity contribution >= 4 is 34.6 Å². The highest BCUT2D eigenvalue weighted by Crippen LogP contribution is 2.67. The Morgan fingerprint density at radius 1 is 1.13 bits per heavy atom. The number of thioether (sulfide) groups is 1. The second kappa shape index (κ2) is 12.0. The van der Waals surface area contributed by atoms with E-state index in [4.69, 9.17) is 29.4 Å². The van der Waals surface area contributed by atoms with Crippen LogP contribution in [0.2, 0.25) is 0 Å². The highest BCUT2D eigenvalue weighted by Gasteiger charge is 2.66. The monoisotopic (exact) mass is 769 g/mol. The molecule has 0 saturated carbocycles. The summed E-state index contributed by atoms with van der Waals surface area (Å²) in [5, 5.41) is 29.3. The zero-order valence-corrected chi connectivity index (χ0v) is 32.0. The lowest BCUT2D eigenvalue weighted by Crippen LogP contribution is -2.69. The van der Waals surface area contributed by atoms with Crippen LogP contribution in [-0.2, 0) is 32.0 Å². The molecule has 8 atom stereocenters. The predicted octanol–water partition coefficient (Wildman–Crippen LogP) is 3.47. The Bertz CT molecular complexity index is 2350. The Labute approximate surface area is 321 Å². The lowest BCUT2D eigenvalue weighted by Gasteiger charge is -2.60. The number of benzene rings is 3. The van der Waals surface area contributed by atoms with Gasteiger partial charge in [-0.1, -0.05) is 24.3 Å². The summed E-state index contributed by atoms with van der Waals surface area (Å²) >= 11 is 1.34. The number of fused-ring (bicyclic) bond motifs is 7. The molecule has 4 aromatic rings. The minimum absolute atomic E-state index is 0.00225. The van der Waals surface area contributed by atoms with Gasteiger partial charge in [0.15, 0.2) is 23.0 Å². The molecule has 1 aromatic heterocycles. The first-order valence-corrected chi connectivity index (χ1v) is 19.5. The van der Waals surface area contributed by atoms with Crippen LogP contribution in [0.1, 0.15) is 68.9 Å². The van der Waals surface area contributed by atoms with Gasteiger partial charge in [-0.3, -0.25) is 19.9 Å². The van der Waals surface area contributed by atoms with Crippen molar-refractivity contribution in [2.75, 3.05) is 40.6 Å². The zero-order chi connectivity index (χ0) is 38.3. The number of para-hydroxylation sites is 1. The van der Waals surface area contributed by atoms with Crippen LogP contribution in [-0.4, -0.2) is 95.4 Å². The Balaban J connectivity index is 1.32. The van der Waals surface area contributed by atoms with Gasteiger partial charge in [0.25, 0.3) is 0 Å². The first-order chi connectivity index (χ1) is 26.4. The van der Waals surface area contributed by atoms with E-state index >= 15 is 4.79 Å². The number of nitrogens with zero attached hydrogens (tertiary/aromatic N) is 2. The number of nitrogens with one attached hydrogen (secondary N) is 2. The molecule has 0 radical (unpaired) electrons. The molecule has 1 spiro atoms. The van der Waals surface area contributed by atoms with Crippen LogP contribution < -0.4 is 30.0 Å². The maximum absolute atomic E-state index is 15.1. The second-order valence-electron chi connectivity index (χ2n) is 15.6. The third-order valence-electron chi connectivity index (χ3n) is 12.5. The smallest absolute Gasteiger partial charge is 0.343 e. The standard InChI is InChI=1S/C40H43N5O9S/c1-17-10-20-12-39(49)15-44(4)29(26(20)31(47)32(17)50-5)30-36-28-27(35-34(52-16-53-35)18(2)33(28)54-19(3)46)25(45(30)39)14-51-38(48)40(55-36)37-23(11-21(13-41)43-40)22-8-6-7-9-24(22)42-37/h6-10,21,25,29-30,36,42-43,47,49H,11-16,41H2,1-5H3/t21-,25?,29-,30-,36-,39?,40+/m1/s1. The summed E-state index contributed by atoms with van der Waals surface area (Å²) in [5.41, 5.74) is 11.4. The number of aromatic amines is 1. The van der Waals surface area contributed by atoms with Gasteiger partial charge in [-0.25, -0.2) is 4.79 Å². The van der Waals surface area contributed by atoms with Crippen LogP contribution >= 0.6 is 11.8 Å². The molecule has 3 unspecified atom stereocenters. The van der Waals surface area contributed by atoms with Crippen LogP contribution in [0.5, 0.6) is 28.7 Å². The Morgan fingerprint density at radius 3 is 2.67 bits per heavy atom. The number of phenolic OH excluding ortho intramolecular Hbond substituents is 1. The number of aryl methyl sites for hydroxylation is 1. The summed E-state index contributed by atoms with van der Waals surface area (Å²) in [7, 11) is 3.47. The molecular formula is C40H43N5O9S. The largest absolute Gasteiger partial charge is 0.504 e. The molecule has 3 aromatic carbocycles. The van der Waals surface area contributed by atoms with E-state index in [0.29, 0.717) is 57.4 Å². The van der Waals surface area contributed by atoms with E-state index in [1.54, 1.807) is 0 Å². The molecule has 2 fully saturated rings. The van der Waals surface area contributed by atoms with Crippen LogP contribution in [0.25, 0.3) is 10.9 Å². The summed E-state index contributed by atoms with van der Waals surface area (Å²) in [4.78, 5) is 34.4. The van der Waals surface area contributed by atoms with Crippen molar-refractivity contribution in [2.24, 2.45) is 5.73 Å². The fourth-order valence-electron chi connectivity index (χ4n) is 10.6. The molecule has 55 heavy (non-hydrogen) atoms. The van der Waals surface area contributed by atoms with Crippen molar-refractivity contribution in [3.8, 4) is 28.7 Å². The molecule has 6 N–H and O–H groups in total. The van der Waals surface area contributed by atoms with Crippen molar-refractivity contribution in [1.29, 1.82) is 0 Å². The van der Waals surface area contributed by atoms with Crippen molar-refractivity contribution in [3.05, 3.63) is 75.0 Å². The van der Waals surface area contributed by atoms with Gasteiger partial charge in [0.05, 0.1) is 30.1 Å². The molecule has 0 aliphatic carbocycles. The summed E-state index contributed by atoms with van der Waals surface area (Å²) in [5.74, 6) is 0.518. The van der Waals surface area contributed by atoms with Gasteiger partial charge in [0.1, 0.15) is 18.1 Å². The van der Waals surface area contributed by atoms with E-state index in [2.05, 4.69) is 20.1 Å². The number of carbonyl (C=O) groups excluding carboxylic acids is 2. The highest BCUT2D eigenvalue weighted by molar-refractivity contribution is 8.01. The lowest BCUT2D eigenvalue weighted by molar-refractivity contribution is -0.213. The van der Waals surface area contributed by atoms with Crippen LogP contribution in [0.15, 0.2) is 30.3 Å². The number of rotatable bonds is 3. The van der Waals surface area contributed by atoms with E-state index in [9.17, 15) is 15.0 Å². The number of hydrogen-bond acceptors (Lipinski definition) is 14.